The van der Waals surface area contributed by atoms with Crippen LogP contribution in [0.3, 0.4) is 0 Å². The van der Waals surface area contributed by atoms with E-state index in [1.165, 1.54) is 4.74 Å². The summed E-state index contributed by atoms with van der Waals surface area (Å²) in [5.41, 5.74) is 1.72. The Kier molecular flexibility index (Phi) is 4.33. The van der Waals surface area contributed by atoms with Gasteiger partial charge in [0.15, 0.2) is 5.69 Å². The highest BCUT2D eigenvalue weighted by Gasteiger charge is 2.25. The molecule has 3 aromatic rings. The van der Waals surface area contributed by atoms with Crippen LogP contribution in [-0.2, 0) is 13.6 Å². The van der Waals surface area contributed by atoms with E-state index in [1.807, 2.05) is 48.5 Å². The first-order valence-electron chi connectivity index (χ1n) is 7.63. The molecule has 24 heavy (non-hydrogen) atoms. The molecule has 0 fully saturated rings. The Morgan fingerprint density at radius 1 is 1.04 bits per heavy atom. The number of aryl methyl sites for hydroxylation is 1. The van der Waals surface area contributed by atoms with Gasteiger partial charge in [-0.05, 0) is 11.1 Å². The van der Waals surface area contributed by atoms with Crippen molar-refractivity contribution in [3.05, 3.63) is 82.3 Å². The van der Waals surface area contributed by atoms with Gasteiger partial charge < -0.3 is 9.42 Å². The number of rotatable bonds is 4. The minimum absolute atomic E-state index is 0.254. The summed E-state index contributed by atoms with van der Waals surface area (Å²) >= 11 is 0. The van der Waals surface area contributed by atoms with Gasteiger partial charge in [-0.3, -0.25) is 4.79 Å². The zero-order valence-corrected chi connectivity index (χ0v) is 13.6. The molecule has 1 heterocycles. The fraction of sp³-hybridized carbons (Fsp3) is 0.158. The van der Waals surface area contributed by atoms with Gasteiger partial charge in [-0.1, -0.05) is 60.7 Å². The van der Waals surface area contributed by atoms with Crippen LogP contribution in [0.4, 0.5) is 0 Å². The molecule has 0 saturated heterocycles. The fourth-order valence-electron chi connectivity index (χ4n) is 2.68. The molecule has 3 rings (SSSR count). The van der Waals surface area contributed by atoms with Crippen LogP contribution in [0.5, 0.6) is 0 Å². The number of amides is 1. The standard InChI is InChI=1S/C19H18N2O3/c1-20(13-14-9-5-3-6-10-14)18(22)17-16(19(23)24-21(17)2)15-11-7-4-8-12-15/h3-12H,13H2,1-2H3. The SMILES string of the molecule is CN(Cc1ccccc1)C(=O)c1c(-c2ccccc2)c(=O)on1C. The van der Waals surface area contributed by atoms with Gasteiger partial charge in [-0.15, -0.1) is 0 Å². The molecule has 0 saturated carbocycles. The van der Waals surface area contributed by atoms with E-state index in [4.69, 9.17) is 4.52 Å². The molecule has 1 amide bonds. The zero-order valence-electron chi connectivity index (χ0n) is 13.6. The Balaban J connectivity index is 1.97. The minimum atomic E-state index is -0.514. The van der Waals surface area contributed by atoms with Crippen LogP contribution in [0.2, 0.25) is 0 Å². The van der Waals surface area contributed by atoms with Gasteiger partial charge in [0.1, 0.15) is 5.56 Å². The van der Waals surface area contributed by atoms with E-state index in [2.05, 4.69) is 0 Å². The van der Waals surface area contributed by atoms with Gasteiger partial charge in [0.25, 0.3) is 5.91 Å². The predicted octanol–water partition coefficient (Wildman–Crippen LogP) is 2.92. The van der Waals surface area contributed by atoms with Crippen LogP contribution in [0.15, 0.2) is 70.0 Å². The van der Waals surface area contributed by atoms with Gasteiger partial charge in [0.2, 0.25) is 0 Å². The number of hydrogen-bond donors (Lipinski definition) is 0. The lowest BCUT2D eigenvalue weighted by molar-refractivity contribution is 0.0763. The summed E-state index contributed by atoms with van der Waals surface area (Å²) in [6, 6.07) is 18.8. The second-order valence-corrected chi connectivity index (χ2v) is 5.61. The van der Waals surface area contributed by atoms with Crippen LogP contribution in [-0.4, -0.2) is 22.6 Å². The molecule has 5 nitrogen and oxygen atoms in total. The van der Waals surface area contributed by atoms with Gasteiger partial charge in [0, 0.05) is 20.6 Å². The zero-order chi connectivity index (χ0) is 17.1. The lowest BCUT2D eigenvalue weighted by Gasteiger charge is -2.17. The minimum Gasteiger partial charge on any atom is -0.336 e. The molecule has 122 valence electrons. The molecule has 5 heteroatoms. The van der Waals surface area contributed by atoms with Crippen LogP contribution in [0, 0.1) is 0 Å². The van der Waals surface area contributed by atoms with E-state index in [1.54, 1.807) is 31.1 Å². The first-order valence-corrected chi connectivity index (χ1v) is 7.63. The number of carbonyl (C=O) groups excluding carboxylic acids is 1. The molecule has 1 aromatic heterocycles. The third-order valence-corrected chi connectivity index (χ3v) is 3.85. The molecule has 0 aliphatic heterocycles. The number of nitrogens with zero attached hydrogens (tertiary/aromatic N) is 2. The van der Waals surface area contributed by atoms with Crippen molar-refractivity contribution in [3.63, 3.8) is 0 Å². The van der Waals surface area contributed by atoms with Crippen molar-refractivity contribution in [1.29, 1.82) is 0 Å². The van der Waals surface area contributed by atoms with Crippen LogP contribution in [0.25, 0.3) is 11.1 Å². The highest BCUT2D eigenvalue weighted by molar-refractivity contribution is 5.98. The highest BCUT2D eigenvalue weighted by atomic mass is 16.5. The van der Waals surface area contributed by atoms with E-state index >= 15 is 0 Å². The van der Waals surface area contributed by atoms with Crippen molar-refractivity contribution in [1.82, 2.24) is 9.64 Å². The van der Waals surface area contributed by atoms with Gasteiger partial charge >= 0.3 is 5.63 Å². The van der Waals surface area contributed by atoms with Gasteiger partial charge in [0.05, 0.1) is 0 Å². The van der Waals surface area contributed by atoms with Crippen LogP contribution < -0.4 is 5.63 Å². The smallest absolute Gasteiger partial charge is 0.336 e. The predicted molar refractivity (Wildman–Crippen MR) is 91.6 cm³/mol. The molecular formula is C19H18N2O3. The van der Waals surface area contributed by atoms with E-state index in [0.717, 1.165) is 5.56 Å². The third kappa shape index (κ3) is 3.01. The van der Waals surface area contributed by atoms with Crippen molar-refractivity contribution < 1.29 is 9.32 Å². The molecule has 0 aliphatic rings. The summed E-state index contributed by atoms with van der Waals surface area (Å²) < 4.78 is 6.38. The Labute approximate surface area is 139 Å². The van der Waals surface area contributed by atoms with E-state index in [-0.39, 0.29) is 11.6 Å². The van der Waals surface area contributed by atoms with Crippen molar-refractivity contribution in [3.8, 4) is 11.1 Å². The maximum atomic E-state index is 12.9. The Bertz CT molecular complexity index is 895. The Hall–Kier alpha value is -3.08. The van der Waals surface area contributed by atoms with Crippen molar-refractivity contribution >= 4 is 5.91 Å². The van der Waals surface area contributed by atoms with E-state index in [9.17, 15) is 9.59 Å². The first kappa shape index (κ1) is 15.8. The van der Waals surface area contributed by atoms with Crippen molar-refractivity contribution in [2.45, 2.75) is 6.54 Å². The molecule has 0 unspecified atom stereocenters. The molecule has 0 aliphatic carbocycles. The summed E-state index contributed by atoms with van der Waals surface area (Å²) in [6.45, 7) is 0.452. The summed E-state index contributed by atoms with van der Waals surface area (Å²) in [5, 5.41) is 0. The summed E-state index contributed by atoms with van der Waals surface area (Å²) in [4.78, 5) is 26.6. The van der Waals surface area contributed by atoms with Gasteiger partial charge in [-0.25, -0.2) is 9.53 Å². The quantitative estimate of drug-likeness (QED) is 0.742. The number of hydrogen-bond acceptors (Lipinski definition) is 3. The second kappa shape index (κ2) is 6.58. The Morgan fingerprint density at radius 2 is 1.62 bits per heavy atom. The molecule has 0 bridgehead atoms. The molecule has 2 aromatic carbocycles. The topological polar surface area (TPSA) is 55.5 Å². The normalized spacial score (nSPS) is 10.6. The lowest BCUT2D eigenvalue weighted by Crippen LogP contribution is -2.28. The van der Waals surface area contributed by atoms with Crippen LogP contribution >= 0.6 is 0 Å². The summed E-state index contributed by atoms with van der Waals surface area (Å²) in [6.07, 6.45) is 0. The van der Waals surface area contributed by atoms with E-state index < -0.39 is 5.63 Å². The number of benzene rings is 2. The molecule has 0 atom stereocenters. The molecule has 0 radical (unpaired) electrons. The Morgan fingerprint density at radius 3 is 2.25 bits per heavy atom. The molecule has 0 N–H and O–H groups in total. The van der Waals surface area contributed by atoms with Gasteiger partial charge in [-0.2, -0.15) is 0 Å². The lowest BCUT2D eigenvalue weighted by atomic mass is 10.1. The second-order valence-electron chi connectivity index (χ2n) is 5.61. The van der Waals surface area contributed by atoms with Crippen molar-refractivity contribution in [2.75, 3.05) is 7.05 Å². The maximum absolute atomic E-state index is 12.9. The maximum Gasteiger partial charge on any atom is 0.366 e. The third-order valence-electron chi connectivity index (χ3n) is 3.85. The van der Waals surface area contributed by atoms with Crippen LogP contribution in [0.1, 0.15) is 16.1 Å². The fourth-order valence-corrected chi connectivity index (χ4v) is 2.68. The molecular weight excluding hydrogens is 304 g/mol. The van der Waals surface area contributed by atoms with Crippen molar-refractivity contribution in [2.24, 2.45) is 7.05 Å². The summed E-state index contributed by atoms with van der Waals surface area (Å²) in [7, 11) is 3.28. The number of aromatic nitrogens is 1. The monoisotopic (exact) mass is 322 g/mol. The largest absolute Gasteiger partial charge is 0.366 e. The highest BCUT2D eigenvalue weighted by Crippen LogP contribution is 2.22. The summed E-state index contributed by atoms with van der Waals surface area (Å²) in [5.74, 6) is -0.258. The number of carbonyl (C=O) groups is 1. The average molecular weight is 322 g/mol. The average Bonchev–Trinajstić information content (AvgIpc) is 2.90. The van der Waals surface area contributed by atoms with E-state index in [0.29, 0.717) is 17.7 Å². The first-order chi connectivity index (χ1) is 11.6. The molecule has 0 spiro atoms.